The van der Waals surface area contributed by atoms with Gasteiger partial charge < -0.3 is 15.2 Å². The molecular formula is C18H18ClF3N4O4S. The summed E-state index contributed by atoms with van der Waals surface area (Å²) >= 11 is 5.85. The van der Waals surface area contributed by atoms with Crippen molar-refractivity contribution in [3.63, 3.8) is 0 Å². The number of ether oxygens (including phenoxy) is 2. The normalized spacial score (nSPS) is 15.1. The van der Waals surface area contributed by atoms with Crippen molar-refractivity contribution in [3.8, 4) is 11.5 Å². The number of aromatic nitrogens is 1. The van der Waals surface area contributed by atoms with E-state index in [0.29, 0.717) is 5.56 Å². The Hall–Kier alpha value is -2.73. The minimum absolute atomic E-state index is 0.00369. The van der Waals surface area contributed by atoms with Crippen LogP contribution in [-0.4, -0.2) is 31.6 Å². The molecule has 0 radical (unpaired) electrons. The molecule has 3 N–H and O–H groups in total. The third-order valence-electron chi connectivity index (χ3n) is 4.21. The summed E-state index contributed by atoms with van der Waals surface area (Å²) in [4.78, 5) is 0. The monoisotopic (exact) mass is 478 g/mol. The van der Waals surface area contributed by atoms with Gasteiger partial charge in [-0.1, -0.05) is 11.6 Å². The molecule has 1 fully saturated rings. The molecule has 2 aromatic rings. The first-order valence-electron chi connectivity index (χ1n) is 8.86. The molecular weight excluding hydrogens is 461 g/mol. The van der Waals surface area contributed by atoms with Gasteiger partial charge in [-0.15, -0.1) is 17.6 Å². The van der Waals surface area contributed by atoms with Crippen LogP contribution in [0.3, 0.4) is 0 Å². The van der Waals surface area contributed by atoms with Gasteiger partial charge >= 0.3 is 6.36 Å². The van der Waals surface area contributed by atoms with E-state index in [9.17, 15) is 21.6 Å². The van der Waals surface area contributed by atoms with Gasteiger partial charge in [0.05, 0.1) is 6.26 Å². The number of benzene rings is 1. The lowest BCUT2D eigenvalue weighted by Gasteiger charge is -2.15. The van der Waals surface area contributed by atoms with Crippen LogP contribution < -0.4 is 20.7 Å². The number of hydrogen-bond donors (Lipinski definition) is 2. The zero-order valence-electron chi connectivity index (χ0n) is 16.1. The molecule has 1 aromatic carbocycles. The van der Waals surface area contributed by atoms with Crippen LogP contribution in [0.25, 0.3) is 0 Å². The Morgan fingerprint density at radius 1 is 1.29 bits per heavy atom. The maximum Gasteiger partial charge on any atom is 0.573 e. The molecule has 0 bridgehead atoms. The van der Waals surface area contributed by atoms with Gasteiger partial charge in [-0.3, -0.25) is 9.98 Å². The van der Waals surface area contributed by atoms with Gasteiger partial charge in [0, 0.05) is 17.3 Å². The van der Waals surface area contributed by atoms with Gasteiger partial charge in [0.2, 0.25) is 5.96 Å². The van der Waals surface area contributed by atoms with Crippen LogP contribution in [-0.2, 0) is 16.6 Å². The number of nitrogens with zero attached hydrogens (tertiary/aromatic N) is 2. The first-order valence-corrected chi connectivity index (χ1v) is 11.1. The second kappa shape index (κ2) is 8.42. The molecule has 0 amide bonds. The number of pyridine rings is 1. The molecule has 3 rings (SSSR count). The van der Waals surface area contributed by atoms with Crippen LogP contribution >= 0.6 is 11.6 Å². The van der Waals surface area contributed by atoms with Crippen LogP contribution in [0.1, 0.15) is 29.9 Å². The molecule has 13 heteroatoms. The standard InChI is InChI=1S/C18H18ClF3N4O4S/c1-31(27,28)25-17(24)26-8-15(10-2-3-10)11(4-16(26)23)9-29-13-5-12(19)6-14(7-13)30-18(20,21)22/h4-8,10,23H,2-3,9H2,1H3,(H2,24,25). The number of alkyl halides is 3. The maximum atomic E-state index is 12.5. The maximum absolute atomic E-state index is 12.5. The van der Waals surface area contributed by atoms with Crippen LogP contribution in [0.5, 0.6) is 11.5 Å². The summed E-state index contributed by atoms with van der Waals surface area (Å²) < 4.78 is 74.2. The fourth-order valence-corrected chi connectivity index (χ4v) is 3.52. The lowest BCUT2D eigenvalue weighted by Crippen LogP contribution is -2.34. The van der Waals surface area contributed by atoms with Gasteiger partial charge in [-0.05, 0) is 48.1 Å². The molecule has 1 aliphatic rings. The van der Waals surface area contributed by atoms with Crippen LogP contribution in [0.4, 0.5) is 13.2 Å². The van der Waals surface area contributed by atoms with Crippen LogP contribution in [0.15, 0.2) is 34.9 Å². The predicted molar refractivity (Wildman–Crippen MR) is 107 cm³/mol. The Morgan fingerprint density at radius 2 is 1.94 bits per heavy atom. The fourth-order valence-electron chi connectivity index (χ4n) is 2.87. The summed E-state index contributed by atoms with van der Waals surface area (Å²) in [5.41, 5.74) is 6.97. The van der Waals surface area contributed by atoms with Crippen molar-refractivity contribution >= 4 is 27.6 Å². The lowest BCUT2D eigenvalue weighted by molar-refractivity contribution is -0.274. The summed E-state index contributed by atoms with van der Waals surface area (Å²) in [5.74, 6) is -0.671. The van der Waals surface area contributed by atoms with Crippen molar-refractivity contribution in [2.45, 2.75) is 31.7 Å². The molecule has 0 spiro atoms. The minimum Gasteiger partial charge on any atom is -0.489 e. The predicted octanol–water partition coefficient (Wildman–Crippen LogP) is 3.10. The van der Waals surface area contributed by atoms with Crippen molar-refractivity contribution in [1.29, 1.82) is 5.41 Å². The highest BCUT2D eigenvalue weighted by Gasteiger charge is 2.31. The van der Waals surface area contributed by atoms with Crippen molar-refractivity contribution in [2.75, 3.05) is 6.26 Å². The SMILES string of the molecule is CS(=O)(=O)/N=C(\N)n1cc(C2CC2)c(COc2cc(Cl)cc(OC(F)(F)F)c2)cc1=N. The van der Waals surface area contributed by atoms with E-state index in [1.165, 1.54) is 18.3 Å². The third kappa shape index (κ3) is 6.62. The van der Waals surface area contributed by atoms with Gasteiger partial charge in [0.25, 0.3) is 10.0 Å². The van der Waals surface area contributed by atoms with Crippen LogP contribution in [0, 0.1) is 5.41 Å². The fraction of sp³-hybridized carbons (Fsp3) is 0.333. The average Bonchev–Trinajstić information content (AvgIpc) is 3.41. The highest BCUT2D eigenvalue weighted by Crippen LogP contribution is 2.41. The van der Waals surface area contributed by atoms with E-state index >= 15 is 0 Å². The van der Waals surface area contributed by atoms with E-state index in [0.717, 1.165) is 41.4 Å². The highest BCUT2D eigenvalue weighted by atomic mass is 35.5. The zero-order valence-corrected chi connectivity index (χ0v) is 17.7. The van der Waals surface area contributed by atoms with Crippen LogP contribution in [0.2, 0.25) is 5.02 Å². The zero-order chi connectivity index (χ0) is 23.0. The average molecular weight is 479 g/mol. The first-order chi connectivity index (χ1) is 14.3. The first kappa shape index (κ1) is 22.9. The minimum atomic E-state index is -4.87. The van der Waals surface area contributed by atoms with Crippen molar-refractivity contribution in [3.05, 3.63) is 52.1 Å². The van der Waals surface area contributed by atoms with Crippen molar-refractivity contribution in [2.24, 2.45) is 10.1 Å². The van der Waals surface area contributed by atoms with E-state index in [4.69, 9.17) is 27.5 Å². The highest BCUT2D eigenvalue weighted by molar-refractivity contribution is 7.89. The second-order valence-corrected chi connectivity index (χ2v) is 9.01. The van der Waals surface area contributed by atoms with Crippen molar-refractivity contribution in [1.82, 2.24) is 4.57 Å². The third-order valence-corrected chi connectivity index (χ3v) is 4.94. The second-order valence-electron chi connectivity index (χ2n) is 6.93. The molecule has 168 valence electrons. The Kier molecular flexibility index (Phi) is 6.23. The molecule has 1 aromatic heterocycles. The number of sulfonamides is 1. The Balaban J connectivity index is 1.88. The van der Waals surface area contributed by atoms with E-state index in [-0.39, 0.29) is 34.7 Å². The summed E-state index contributed by atoms with van der Waals surface area (Å²) in [6.45, 7) is -0.0620. The largest absolute Gasteiger partial charge is 0.573 e. The number of nitrogens with two attached hydrogens (primary N) is 1. The summed E-state index contributed by atoms with van der Waals surface area (Å²) in [7, 11) is -3.75. The van der Waals surface area contributed by atoms with E-state index in [1.807, 2.05) is 0 Å². The van der Waals surface area contributed by atoms with E-state index in [2.05, 4.69) is 9.13 Å². The molecule has 0 unspecified atom stereocenters. The Morgan fingerprint density at radius 3 is 2.52 bits per heavy atom. The lowest BCUT2D eigenvalue weighted by atomic mass is 10.1. The molecule has 0 aliphatic heterocycles. The van der Waals surface area contributed by atoms with Crippen molar-refractivity contribution < 1.29 is 31.1 Å². The van der Waals surface area contributed by atoms with E-state index < -0.39 is 22.1 Å². The van der Waals surface area contributed by atoms with Gasteiger partial charge in [-0.2, -0.15) is 0 Å². The summed E-state index contributed by atoms with van der Waals surface area (Å²) in [6.07, 6.45) is -0.696. The van der Waals surface area contributed by atoms with E-state index in [1.54, 1.807) is 0 Å². The molecule has 8 nitrogen and oxygen atoms in total. The van der Waals surface area contributed by atoms with Gasteiger partial charge in [0.15, 0.2) is 0 Å². The summed E-state index contributed by atoms with van der Waals surface area (Å²) in [6, 6.07) is 4.84. The Labute approximate surface area is 180 Å². The smallest absolute Gasteiger partial charge is 0.489 e. The molecule has 0 saturated heterocycles. The number of rotatable bonds is 6. The quantitative estimate of drug-likeness (QED) is 0.488. The number of halogens is 4. The van der Waals surface area contributed by atoms with Gasteiger partial charge in [-0.25, -0.2) is 8.42 Å². The molecule has 1 saturated carbocycles. The molecule has 1 aliphatic carbocycles. The number of hydrogen-bond acceptors (Lipinski definition) is 5. The molecule has 0 atom stereocenters. The number of nitrogens with one attached hydrogen (secondary N) is 1. The summed E-state index contributed by atoms with van der Waals surface area (Å²) in [5, 5.41) is 8.14. The molecule has 31 heavy (non-hydrogen) atoms. The van der Waals surface area contributed by atoms with Gasteiger partial charge in [0.1, 0.15) is 23.6 Å². The molecule has 1 heterocycles. The topological polar surface area (TPSA) is 120 Å². The Bertz CT molecular complexity index is 1190.